The molecule has 1 atom stereocenters. The van der Waals surface area contributed by atoms with Crippen LogP contribution in [0, 0.1) is 0 Å². The van der Waals surface area contributed by atoms with Gasteiger partial charge in [0.1, 0.15) is 17.9 Å². The number of pyridine rings is 1. The minimum absolute atomic E-state index is 0.00742. The molecule has 0 saturated carbocycles. The van der Waals surface area contributed by atoms with E-state index in [0.29, 0.717) is 43.1 Å². The number of aromatic nitrogens is 1. The minimum Gasteiger partial charge on any atom is -0.497 e. The quantitative estimate of drug-likeness (QED) is 0.601. The summed E-state index contributed by atoms with van der Waals surface area (Å²) >= 11 is 0. The van der Waals surface area contributed by atoms with Crippen LogP contribution in [0.15, 0.2) is 79.0 Å². The Labute approximate surface area is 193 Å². The number of rotatable bonds is 7. The number of piperidine rings is 1. The lowest BCUT2D eigenvalue weighted by Gasteiger charge is -2.34. The number of ether oxygens (including phenoxy) is 2. The summed E-state index contributed by atoms with van der Waals surface area (Å²) < 4.78 is 11.1. The smallest absolute Gasteiger partial charge is 0.252 e. The lowest BCUT2D eigenvalue weighted by molar-refractivity contribution is -0.135. The molecule has 7 nitrogen and oxygen atoms in total. The molecule has 1 aliphatic heterocycles. The highest BCUT2D eigenvalue weighted by Crippen LogP contribution is 2.22. The first-order chi connectivity index (χ1) is 16.1. The number of hydrogen-bond donors (Lipinski definition) is 1. The third-order valence-corrected chi connectivity index (χ3v) is 5.69. The molecule has 7 heteroatoms. The summed E-state index contributed by atoms with van der Waals surface area (Å²) in [4.78, 5) is 32.4. The predicted octanol–water partition coefficient (Wildman–Crippen LogP) is 3.63. The van der Waals surface area contributed by atoms with E-state index < -0.39 is 6.04 Å². The van der Waals surface area contributed by atoms with Crippen molar-refractivity contribution in [2.75, 3.05) is 20.2 Å². The number of amides is 2. The Hall–Kier alpha value is -3.87. The minimum atomic E-state index is -0.769. The van der Waals surface area contributed by atoms with Crippen molar-refractivity contribution in [2.45, 2.75) is 25.0 Å². The van der Waals surface area contributed by atoms with Gasteiger partial charge in [0, 0.05) is 43.8 Å². The highest BCUT2D eigenvalue weighted by Gasteiger charge is 2.31. The number of likely N-dealkylation sites (tertiary alicyclic amines) is 1. The number of hydrogen-bond acceptors (Lipinski definition) is 5. The van der Waals surface area contributed by atoms with Gasteiger partial charge < -0.3 is 19.7 Å². The van der Waals surface area contributed by atoms with Crippen molar-refractivity contribution < 1.29 is 19.1 Å². The van der Waals surface area contributed by atoms with Crippen LogP contribution >= 0.6 is 0 Å². The van der Waals surface area contributed by atoms with E-state index in [1.54, 1.807) is 42.5 Å². The zero-order valence-electron chi connectivity index (χ0n) is 18.5. The molecule has 2 amide bonds. The van der Waals surface area contributed by atoms with E-state index in [2.05, 4.69) is 10.3 Å². The molecule has 33 heavy (non-hydrogen) atoms. The van der Waals surface area contributed by atoms with Crippen molar-refractivity contribution in [3.8, 4) is 11.6 Å². The van der Waals surface area contributed by atoms with E-state index in [4.69, 9.17) is 9.47 Å². The Balaban J connectivity index is 1.43. The molecule has 4 rings (SSSR count). The van der Waals surface area contributed by atoms with Gasteiger partial charge in [-0.05, 0) is 35.9 Å². The number of methoxy groups -OCH3 is 1. The van der Waals surface area contributed by atoms with Crippen LogP contribution < -0.4 is 14.8 Å². The second-order valence-electron chi connectivity index (χ2n) is 7.86. The summed E-state index contributed by atoms with van der Waals surface area (Å²) in [7, 11) is 1.57. The predicted molar refractivity (Wildman–Crippen MR) is 124 cm³/mol. The third-order valence-electron chi connectivity index (χ3n) is 5.69. The zero-order chi connectivity index (χ0) is 23.0. The molecule has 170 valence electrons. The summed E-state index contributed by atoms with van der Waals surface area (Å²) in [6, 6.07) is 20.9. The number of benzene rings is 2. The van der Waals surface area contributed by atoms with Gasteiger partial charge in [0.25, 0.3) is 5.91 Å². The van der Waals surface area contributed by atoms with E-state index in [0.717, 1.165) is 5.56 Å². The van der Waals surface area contributed by atoms with E-state index >= 15 is 0 Å². The first kappa shape index (κ1) is 22.3. The Morgan fingerprint density at radius 3 is 2.30 bits per heavy atom. The molecule has 0 aliphatic carbocycles. The fraction of sp³-hybridized carbons (Fsp3) is 0.269. The van der Waals surface area contributed by atoms with Crippen LogP contribution in [0.2, 0.25) is 0 Å². The van der Waals surface area contributed by atoms with Gasteiger partial charge in [0.15, 0.2) is 0 Å². The second-order valence-corrected chi connectivity index (χ2v) is 7.86. The van der Waals surface area contributed by atoms with Crippen LogP contribution in [0.1, 0.15) is 34.8 Å². The number of carbonyl (C=O) groups excluding carboxylic acids is 2. The van der Waals surface area contributed by atoms with Crippen molar-refractivity contribution in [3.63, 3.8) is 0 Å². The van der Waals surface area contributed by atoms with Gasteiger partial charge in [-0.3, -0.25) is 9.59 Å². The normalized spacial score (nSPS) is 14.9. The first-order valence-corrected chi connectivity index (χ1v) is 11.0. The molecule has 1 saturated heterocycles. The lowest BCUT2D eigenvalue weighted by Crippen LogP contribution is -2.47. The van der Waals surface area contributed by atoms with Gasteiger partial charge in [0.05, 0.1) is 7.11 Å². The largest absolute Gasteiger partial charge is 0.497 e. The lowest BCUT2D eigenvalue weighted by atomic mass is 10.0. The molecule has 0 bridgehead atoms. The third kappa shape index (κ3) is 5.68. The van der Waals surface area contributed by atoms with Gasteiger partial charge in [-0.25, -0.2) is 4.98 Å². The van der Waals surface area contributed by atoms with Crippen molar-refractivity contribution in [1.82, 2.24) is 15.2 Å². The fourth-order valence-corrected chi connectivity index (χ4v) is 3.85. The molecule has 2 aromatic carbocycles. The van der Waals surface area contributed by atoms with E-state index in [9.17, 15) is 9.59 Å². The summed E-state index contributed by atoms with van der Waals surface area (Å²) in [6.07, 6.45) is 3.12. The van der Waals surface area contributed by atoms with Gasteiger partial charge in [0.2, 0.25) is 11.8 Å². The molecule has 1 aromatic heterocycles. The Morgan fingerprint density at radius 2 is 1.67 bits per heavy atom. The SMILES string of the molecule is COc1ccc(C(=O)N[C@@H](C(=O)N2CCC(Oc3ccccn3)CC2)c2ccccc2)cc1. The van der Waals surface area contributed by atoms with Crippen molar-refractivity contribution in [1.29, 1.82) is 0 Å². The van der Waals surface area contributed by atoms with Crippen LogP contribution in [0.25, 0.3) is 0 Å². The molecule has 2 heterocycles. The van der Waals surface area contributed by atoms with Gasteiger partial charge in [-0.1, -0.05) is 36.4 Å². The molecule has 1 fully saturated rings. The molecule has 3 aromatic rings. The molecule has 0 spiro atoms. The van der Waals surface area contributed by atoms with Gasteiger partial charge in [-0.2, -0.15) is 0 Å². The van der Waals surface area contributed by atoms with E-state index in [1.807, 2.05) is 48.5 Å². The topological polar surface area (TPSA) is 80.8 Å². The summed E-state index contributed by atoms with van der Waals surface area (Å²) in [5.74, 6) is 0.821. The average Bonchev–Trinajstić information content (AvgIpc) is 2.88. The number of nitrogens with one attached hydrogen (secondary N) is 1. The molecule has 0 radical (unpaired) electrons. The molecule has 1 aliphatic rings. The monoisotopic (exact) mass is 445 g/mol. The molecular formula is C26H27N3O4. The fourth-order valence-electron chi connectivity index (χ4n) is 3.85. The van der Waals surface area contributed by atoms with E-state index in [1.165, 1.54) is 0 Å². The molecular weight excluding hydrogens is 418 g/mol. The number of carbonyl (C=O) groups is 2. The van der Waals surface area contributed by atoms with E-state index in [-0.39, 0.29) is 17.9 Å². The summed E-state index contributed by atoms with van der Waals surface area (Å²) in [6.45, 7) is 1.11. The summed E-state index contributed by atoms with van der Waals surface area (Å²) in [5.41, 5.74) is 1.21. The Kier molecular flexibility index (Phi) is 7.19. The highest BCUT2D eigenvalue weighted by atomic mass is 16.5. The zero-order valence-corrected chi connectivity index (χ0v) is 18.5. The maximum Gasteiger partial charge on any atom is 0.252 e. The standard InChI is InChI=1S/C26H27N3O4/c1-32-21-12-10-20(11-13-21)25(30)28-24(19-7-3-2-4-8-19)26(31)29-17-14-22(15-18-29)33-23-9-5-6-16-27-23/h2-13,16,22,24H,14-15,17-18H2,1H3,(H,28,30)/t24-/m1/s1. The maximum atomic E-state index is 13.5. The van der Waals surface area contributed by atoms with Crippen LogP contribution in [0.5, 0.6) is 11.6 Å². The van der Waals surface area contributed by atoms with Crippen molar-refractivity contribution in [2.24, 2.45) is 0 Å². The van der Waals surface area contributed by atoms with Crippen LogP contribution in [-0.2, 0) is 4.79 Å². The highest BCUT2D eigenvalue weighted by molar-refractivity contribution is 5.98. The van der Waals surface area contributed by atoms with Crippen LogP contribution in [-0.4, -0.2) is 48.0 Å². The summed E-state index contributed by atoms with van der Waals surface area (Å²) in [5, 5.41) is 2.92. The first-order valence-electron chi connectivity index (χ1n) is 11.0. The van der Waals surface area contributed by atoms with Crippen molar-refractivity contribution >= 4 is 11.8 Å². The molecule has 1 N–H and O–H groups in total. The van der Waals surface area contributed by atoms with Crippen molar-refractivity contribution in [3.05, 3.63) is 90.1 Å². The number of nitrogens with zero attached hydrogens (tertiary/aromatic N) is 2. The van der Waals surface area contributed by atoms with Gasteiger partial charge in [-0.15, -0.1) is 0 Å². The van der Waals surface area contributed by atoms with Crippen LogP contribution in [0.4, 0.5) is 0 Å². The van der Waals surface area contributed by atoms with Gasteiger partial charge >= 0.3 is 0 Å². The maximum absolute atomic E-state index is 13.5. The Bertz CT molecular complexity index is 1050. The van der Waals surface area contributed by atoms with Crippen LogP contribution in [0.3, 0.4) is 0 Å². The molecule has 0 unspecified atom stereocenters. The average molecular weight is 446 g/mol. The second kappa shape index (κ2) is 10.6. The Morgan fingerprint density at radius 1 is 0.970 bits per heavy atom.